The van der Waals surface area contributed by atoms with E-state index < -0.39 is 23.9 Å². The van der Waals surface area contributed by atoms with E-state index >= 15 is 0 Å². The molecule has 10 nitrogen and oxygen atoms in total. The van der Waals surface area contributed by atoms with Crippen molar-refractivity contribution in [2.75, 3.05) is 52.9 Å². The number of carbonyl (C=O) groups is 3. The number of benzene rings is 2. The van der Waals surface area contributed by atoms with Gasteiger partial charge in [-0.15, -0.1) is 12.4 Å². The summed E-state index contributed by atoms with van der Waals surface area (Å²) in [5.41, 5.74) is 4.15. The second-order valence-corrected chi connectivity index (χ2v) is 10.8. The maximum atomic E-state index is 12.8. The van der Waals surface area contributed by atoms with Crippen molar-refractivity contribution in [1.82, 2.24) is 10.2 Å². The van der Waals surface area contributed by atoms with Crippen molar-refractivity contribution in [3.63, 3.8) is 0 Å². The predicted octanol–water partition coefficient (Wildman–Crippen LogP) is 5.52. The van der Waals surface area contributed by atoms with Crippen LogP contribution >= 0.6 is 12.4 Å². The summed E-state index contributed by atoms with van der Waals surface area (Å²) in [5, 5.41) is 5.85. The van der Waals surface area contributed by atoms with E-state index in [9.17, 15) is 14.4 Å². The van der Waals surface area contributed by atoms with Crippen molar-refractivity contribution in [3.8, 4) is 5.75 Å². The fraction of sp³-hybridized carbons (Fsp3) is 0.424. The van der Waals surface area contributed by atoms with Crippen molar-refractivity contribution >= 4 is 36.1 Å². The zero-order valence-electron chi connectivity index (χ0n) is 25.9. The van der Waals surface area contributed by atoms with Crippen LogP contribution in [0.1, 0.15) is 56.1 Å². The Morgan fingerprint density at radius 1 is 0.886 bits per heavy atom. The first-order chi connectivity index (χ1) is 20.7. The summed E-state index contributed by atoms with van der Waals surface area (Å²) in [6.45, 7) is 6.64. The molecule has 0 atom stereocenters. The molecule has 11 heteroatoms. The van der Waals surface area contributed by atoms with Gasteiger partial charge < -0.3 is 29.2 Å². The van der Waals surface area contributed by atoms with Gasteiger partial charge in [0.2, 0.25) is 0 Å². The van der Waals surface area contributed by atoms with Crippen LogP contribution in [0.25, 0.3) is 0 Å². The van der Waals surface area contributed by atoms with Gasteiger partial charge in [-0.1, -0.05) is 24.3 Å². The molecule has 1 amide bonds. The second kappa shape index (κ2) is 16.2. The summed E-state index contributed by atoms with van der Waals surface area (Å²) >= 11 is 0. The number of methoxy groups -OCH3 is 3. The highest BCUT2D eigenvalue weighted by atomic mass is 35.5. The molecule has 2 aliphatic heterocycles. The number of piperidine rings is 1. The lowest BCUT2D eigenvalue weighted by Gasteiger charge is -2.32. The molecule has 1 fully saturated rings. The van der Waals surface area contributed by atoms with Gasteiger partial charge in [0.25, 0.3) is 0 Å². The van der Waals surface area contributed by atoms with Gasteiger partial charge in [-0.05, 0) is 87.5 Å². The van der Waals surface area contributed by atoms with Crippen molar-refractivity contribution in [2.45, 2.75) is 44.9 Å². The predicted molar refractivity (Wildman–Crippen MR) is 170 cm³/mol. The Bertz CT molecular complexity index is 1360. The van der Waals surface area contributed by atoms with Crippen LogP contribution in [0.3, 0.4) is 0 Å². The van der Waals surface area contributed by atoms with E-state index in [0.717, 1.165) is 44.6 Å². The molecule has 2 aromatic carbocycles. The van der Waals surface area contributed by atoms with Crippen LogP contribution in [0.4, 0.5) is 10.5 Å². The molecule has 2 heterocycles. The molecule has 0 saturated carbocycles. The number of allylic oxidation sites excluding steroid dienone is 2. The first-order valence-electron chi connectivity index (χ1n) is 14.5. The maximum Gasteiger partial charge on any atom is 0.411 e. The Morgan fingerprint density at radius 3 is 2.11 bits per heavy atom. The fourth-order valence-electron chi connectivity index (χ4n) is 5.88. The summed E-state index contributed by atoms with van der Waals surface area (Å²) in [4.78, 5) is 40.5. The summed E-state index contributed by atoms with van der Waals surface area (Å²) < 4.78 is 20.9. The average molecular weight is 628 g/mol. The van der Waals surface area contributed by atoms with Crippen molar-refractivity contribution in [3.05, 3.63) is 82.2 Å². The number of likely N-dealkylation sites (tertiary alicyclic amines) is 1. The van der Waals surface area contributed by atoms with Crippen LogP contribution in [0.15, 0.2) is 71.1 Å². The number of esters is 2. The number of carbonyl (C=O) groups excluding carboxylic acids is 3. The van der Waals surface area contributed by atoms with Crippen molar-refractivity contribution in [1.29, 1.82) is 0 Å². The van der Waals surface area contributed by atoms with Crippen LogP contribution in [-0.2, 0) is 23.8 Å². The molecule has 0 aliphatic carbocycles. The number of hydrogen-bond acceptors (Lipinski definition) is 9. The fourth-order valence-corrected chi connectivity index (χ4v) is 5.88. The van der Waals surface area contributed by atoms with Gasteiger partial charge in [-0.25, -0.2) is 14.4 Å². The Labute approximate surface area is 265 Å². The summed E-state index contributed by atoms with van der Waals surface area (Å²) in [6.07, 6.45) is 2.33. The first kappa shape index (κ1) is 34.5. The van der Waals surface area contributed by atoms with Gasteiger partial charge in [-0.3, -0.25) is 5.32 Å². The number of amides is 1. The molecule has 1 saturated heterocycles. The Kier molecular flexibility index (Phi) is 12.7. The molecule has 0 bridgehead atoms. The largest absolute Gasteiger partial charge is 0.497 e. The normalized spacial score (nSPS) is 16.0. The van der Waals surface area contributed by atoms with E-state index in [1.165, 1.54) is 19.8 Å². The summed E-state index contributed by atoms with van der Waals surface area (Å²) in [5.74, 6) is -0.450. The molecule has 238 valence electrons. The van der Waals surface area contributed by atoms with E-state index in [4.69, 9.17) is 18.9 Å². The zero-order chi connectivity index (χ0) is 30.9. The highest BCUT2D eigenvalue weighted by Gasteiger charge is 2.37. The molecule has 0 spiro atoms. The Morgan fingerprint density at radius 2 is 1.50 bits per heavy atom. The number of anilines is 1. The van der Waals surface area contributed by atoms with Crippen molar-refractivity contribution < 1.29 is 33.3 Å². The van der Waals surface area contributed by atoms with E-state index in [2.05, 4.69) is 27.7 Å². The van der Waals surface area contributed by atoms with Gasteiger partial charge in [0.1, 0.15) is 5.75 Å². The van der Waals surface area contributed by atoms with E-state index in [1.807, 2.05) is 12.1 Å². The van der Waals surface area contributed by atoms with Crippen LogP contribution in [0.5, 0.6) is 5.75 Å². The second-order valence-electron chi connectivity index (χ2n) is 10.8. The lowest BCUT2D eigenvalue weighted by molar-refractivity contribution is -0.137. The van der Waals surface area contributed by atoms with Gasteiger partial charge in [0, 0.05) is 23.6 Å². The number of rotatable bonds is 10. The Hall–Kier alpha value is -4.02. The number of halogens is 1. The van der Waals surface area contributed by atoms with Crippen LogP contribution < -0.4 is 15.4 Å². The molecule has 0 unspecified atom stereocenters. The molecular formula is C33H42ClN3O7. The number of ether oxygens (including phenoxy) is 4. The molecule has 0 aromatic heterocycles. The number of hydrogen-bond donors (Lipinski definition) is 2. The SMILES string of the molecule is COC(=O)C1=C(C)NC(C)=C(C(=O)OC)C1c1cccc(NC(=O)OCCCN2CCC(c3cccc(OC)c3)CC2)c1.Cl. The number of nitrogens with zero attached hydrogens (tertiary/aromatic N) is 1. The zero-order valence-corrected chi connectivity index (χ0v) is 26.8. The van der Waals surface area contributed by atoms with E-state index in [0.29, 0.717) is 46.3 Å². The minimum atomic E-state index is -0.744. The monoisotopic (exact) mass is 627 g/mol. The maximum absolute atomic E-state index is 12.8. The van der Waals surface area contributed by atoms with E-state index in [1.54, 1.807) is 45.2 Å². The quantitative estimate of drug-likeness (QED) is 0.200. The molecule has 44 heavy (non-hydrogen) atoms. The van der Waals surface area contributed by atoms with Crippen LogP contribution in [0, 0.1) is 0 Å². The molecule has 4 rings (SSSR count). The molecule has 2 N–H and O–H groups in total. The third-order valence-corrected chi connectivity index (χ3v) is 8.04. The van der Waals surface area contributed by atoms with Gasteiger partial charge in [-0.2, -0.15) is 0 Å². The lowest BCUT2D eigenvalue weighted by Crippen LogP contribution is -2.34. The number of dihydropyridines is 1. The molecular weight excluding hydrogens is 586 g/mol. The topological polar surface area (TPSA) is 115 Å². The third-order valence-electron chi connectivity index (χ3n) is 8.04. The standard InChI is InChI=1S/C33H41N3O7.ClH/c1-21-28(31(37)41-4)30(29(22(2)34-21)32(38)42-5)25-10-6-11-26(19-25)35-33(39)43-18-8-15-36-16-13-23(14-17-36)24-9-7-12-27(20-24)40-3;/h6-7,9-12,19-20,23,30,34H,8,13-18H2,1-5H3,(H,35,39);1H. The van der Waals surface area contributed by atoms with Crippen molar-refractivity contribution in [2.24, 2.45) is 0 Å². The first-order valence-corrected chi connectivity index (χ1v) is 14.5. The third kappa shape index (κ3) is 8.33. The summed E-state index contributed by atoms with van der Waals surface area (Å²) in [6, 6.07) is 15.3. The average Bonchev–Trinajstić information content (AvgIpc) is 3.02. The van der Waals surface area contributed by atoms with Crippen LogP contribution in [0.2, 0.25) is 0 Å². The van der Waals surface area contributed by atoms with Gasteiger partial charge in [0.15, 0.2) is 0 Å². The molecule has 2 aromatic rings. The minimum Gasteiger partial charge on any atom is -0.497 e. The molecule has 2 aliphatic rings. The lowest BCUT2D eigenvalue weighted by atomic mass is 9.80. The molecule has 0 radical (unpaired) electrons. The highest BCUT2D eigenvalue weighted by Crippen LogP contribution is 2.40. The van der Waals surface area contributed by atoms with Gasteiger partial charge >= 0.3 is 18.0 Å². The van der Waals surface area contributed by atoms with Gasteiger partial charge in [0.05, 0.1) is 45.0 Å². The minimum absolute atomic E-state index is 0. The Balaban J connectivity index is 0.00000529. The smallest absolute Gasteiger partial charge is 0.411 e. The van der Waals surface area contributed by atoms with E-state index in [-0.39, 0.29) is 12.4 Å². The highest BCUT2D eigenvalue weighted by molar-refractivity contribution is 6.00. The van der Waals surface area contributed by atoms with Crippen LogP contribution in [-0.4, -0.2) is 70.5 Å². The number of nitrogens with one attached hydrogen (secondary N) is 2. The summed E-state index contributed by atoms with van der Waals surface area (Å²) in [7, 11) is 4.28.